The van der Waals surface area contributed by atoms with Crippen molar-refractivity contribution in [2.75, 3.05) is 6.54 Å². The molecule has 1 fully saturated rings. The number of benzene rings is 1. The van der Waals surface area contributed by atoms with E-state index in [-0.39, 0.29) is 0 Å². The van der Waals surface area contributed by atoms with E-state index in [1.54, 1.807) is 18.6 Å². The first kappa shape index (κ1) is 14.3. The maximum absolute atomic E-state index is 5.79. The van der Waals surface area contributed by atoms with Gasteiger partial charge in [-0.1, -0.05) is 12.1 Å². The zero-order valence-corrected chi connectivity index (χ0v) is 13.1. The Hall–Kier alpha value is -2.27. The van der Waals surface area contributed by atoms with Crippen LogP contribution in [0.4, 0.5) is 0 Å². The third kappa shape index (κ3) is 2.84. The van der Waals surface area contributed by atoms with Crippen LogP contribution in [-0.2, 0) is 0 Å². The lowest BCUT2D eigenvalue weighted by atomic mass is 9.86. The van der Waals surface area contributed by atoms with Crippen LogP contribution in [0.1, 0.15) is 31.7 Å². The predicted molar refractivity (Wildman–Crippen MR) is 90.8 cm³/mol. The van der Waals surface area contributed by atoms with Gasteiger partial charge in [-0.15, -0.1) is 0 Å². The Bertz CT molecular complexity index is 788. The summed E-state index contributed by atoms with van der Waals surface area (Å²) >= 11 is 0. The van der Waals surface area contributed by atoms with Crippen LogP contribution in [0.2, 0.25) is 0 Å². The SMILES string of the molecule is NC[C@H]1CC[C@H](n2cc3ccc(-c4cnccn4)cc3n2)CC1. The highest BCUT2D eigenvalue weighted by Gasteiger charge is 2.22. The molecule has 5 heteroatoms. The summed E-state index contributed by atoms with van der Waals surface area (Å²) < 4.78 is 2.15. The lowest BCUT2D eigenvalue weighted by Crippen LogP contribution is -2.23. The predicted octanol–water partition coefficient (Wildman–Crippen LogP) is 3.18. The second-order valence-electron chi connectivity index (χ2n) is 6.38. The van der Waals surface area contributed by atoms with E-state index in [0.29, 0.717) is 12.0 Å². The normalized spacial score (nSPS) is 21.6. The Kier molecular flexibility index (Phi) is 3.79. The molecule has 5 nitrogen and oxygen atoms in total. The zero-order valence-electron chi connectivity index (χ0n) is 13.1. The first-order valence-electron chi connectivity index (χ1n) is 8.29. The van der Waals surface area contributed by atoms with Gasteiger partial charge in [-0.05, 0) is 44.2 Å². The van der Waals surface area contributed by atoms with Crippen LogP contribution in [0, 0.1) is 5.92 Å². The molecule has 0 amide bonds. The fourth-order valence-electron chi connectivity index (χ4n) is 3.47. The maximum atomic E-state index is 5.79. The fourth-order valence-corrected chi connectivity index (χ4v) is 3.47. The van der Waals surface area contributed by atoms with Crippen LogP contribution >= 0.6 is 0 Å². The molecule has 2 aromatic heterocycles. The molecule has 23 heavy (non-hydrogen) atoms. The van der Waals surface area contributed by atoms with Gasteiger partial charge in [0, 0.05) is 29.5 Å². The molecule has 0 unspecified atom stereocenters. The van der Waals surface area contributed by atoms with Gasteiger partial charge in [-0.2, -0.15) is 5.10 Å². The van der Waals surface area contributed by atoms with Gasteiger partial charge >= 0.3 is 0 Å². The monoisotopic (exact) mass is 307 g/mol. The molecule has 0 bridgehead atoms. The van der Waals surface area contributed by atoms with Gasteiger partial charge in [-0.3, -0.25) is 14.6 Å². The highest BCUT2D eigenvalue weighted by molar-refractivity contribution is 5.83. The van der Waals surface area contributed by atoms with Crippen molar-refractivity contribution in [2.45, 2.75) is 31.7 Å². The lowest BCUT2D eigenvalue weighted by Gasteiger charge is -2.27. The van der Waals surface area contributed by atoms with Gasteiger partial charge < -0.3 is 5.73 Å². The summed E-state index contributed by atoms with van der Waals surface area (Å²) in [6, 6.07) is 6.81. The van der Waals surface area contributed by atoms with E-state index in [9.17, 15) is 0 Å². The number of rotatable bonds is 3. The van der Waals surface area contributed by atoms with Crippen molar-refractivity contribution in [3.63, 3.8) is 0 Å². The van der Waals surface area contributed by atoms with Crippen LogP contribution in [0.3, 0.4) is 0 Å². The number of fused-ring (bicyclic) bond motifs is 1. The summed E-state index contributed by atoms with van der Waals surface area (Å²) in [5.41, 5.74) is 8.75. The first-order valence-corrected chi connectivity index (χ1v) is 8.29. The third-order valence-electron chi connectivity index (χ3n) is 4.91. The standard InChI is InChI=1S/C18H21N5/c19-10-13-1-5-16(6-2-13)23-12-15-4-3-14(9-17(15)22-23)18-11-20-7-8-21-18/h3-4,7-9,11-13,16H,1-2,5-6,10,19H2/t13-,16-. The minimum Gasteiger partial charge on any atom is -0.330 e. The van der Waals surface area contributed by atoms with Crippen molar-refractivity contribution < 1.29 is 0 Å². The van der Waals surface area contributed by atoms with Crippen molar-refractivity contribution in [3.05, 3.63) is 43.0 Å². The molecule has 0 spiro atoms. The third-order valence-corrected chi connectivity index (χ3v) is 4.91. The summed E-state index contributed by atoms with van der Waals surface area (Å²) in [7, 11) is 0. The molecule has 0 saturated heterocycles. The molecule has 0 radical (unpaired) electrons. The summed E-state index contributed by atoms with van der Waals surface area (Å²) in [6.07, 6.45) is 12.1. The van der Waals surface area contributed by atoms with Crippen LogP contribution in [0.25, 0.3) is 22.2 Å². The summed E-state index contributed by atoms with van der Waals surface area (Å²) in [5, 5.41) is 5.99. The van der Waals surface area contributed by atoms with E-state index in [2.05, 4.69) is 39.0 Å². The molecule has 0 atom stereocenters. The topological polar surface area (TPSA) is 69.6 Å². The number of aromatic nitrogens is 4. The average molecular weight is 307 g/mol. The number of hydrogen-bond acceptors (Lipinski definition) is 4. The van der Waals surface area contributed by atoms with Gasteiger partial charge in [0.05, 0.1) is 23.4 Å². The van der Waals surface area contributed by atoms with E-state index in [1.165, 1.54) is 31.1 Å². The van der Waals surface area contributed by atoms with Gasteiger partial charge in [0.15, 0.2) is 0 Å². The van der Waals surface area contributed by atoms with E-state index in [0.717, 1.165) is 23.3 Å². The smallest absolute Gasteiger partial charge is 0.0930 e. The number of nitrogens with two attached hydrogens (primary N) is 1. The highest BCUT2D eigenvalue weighted by atomic mass is 15.3. The summed E-state index contributed by atoms with van der Waals surface area (Å²) in [5.74, 6) is 0.694. The van der Waals surface area contributed by atoms with E-state index in [4.69, 9.17) is 10.8 Å². The maximum Gasteiger partial charge on any atom is 0.0930 e. The highest BCUT2D eigenvalue weighted by Crippen LogP contribution is 2.32. The first-order chi connectivity index (χ1) is 11.3. The second kappa shape index (κ2) is 6.08. The van der Waals surface area contributed by atoms with E-state index in [1.807, 2.05) is 0 Å². The minimum atomic E-state index is 0.505. The molecule has 3 aromatic rings. The van der Waals surface area contributed by atoms with Crippen molar-refractivity contribution in [3.8, 4) is 11.3 Å². The Morgan fingerprint density at radius 3 is 2.74 bits per heavy atom. The molecule has 4 rings (SSSR count). The van der Waals surface area contributed by atoms with Gasteiger partial charge in [0.25, 0.3) is 0 Å². The molecule has 1 saturated carbocycles. The number of hydrogen-bond donors (Lipinski definition) is 1. The quantitative estimate of drug-likeness (QED) is 0.807. The van der Waals surface area contributed by atoms with E-state index < -0.39 is 0 Å². The molecule has 118 valence electrons. The average Bonchev–Trinajstić information content (AvgIpc) is 3.06. The van der Waals surface area contributed by atoms with Gasteiger partial charge in [-0.25, -0.2) is 0 Å². The van der Waals surface area contributed by atoms with Crippen molar-refractivity contribution in [2.24, 2.45) is 11.7 Å². The van der Waals surface area contributed by atoms with Crippen LogP contribution in [0.5, 0.6) is 0 Å². The molecular formula is C18H21N5. The van der Waals surface area contributed by atoms with Gasteiger partial charge in [0.2, 0.25) is 0 Å². The number of nitrogens with zero attached hydrogens (tertiary/aromatic N) is 4. The van der Waals surface area contributed by atoms with E-state index >= 15 is 0 Å². The Morgan fingerprint density at radius 1 is 1.13 bits per heavy atom. The largest absolute Gasteiger partial charge is 0.330 e. The van der Waals surface area contributed by atoms with Crippen molar-refractivity contribution in [1.29, 1.82) is 0 Å². The fraction of sp³-hybridized carbons (Fsp3) is 0.389. The lowest BCUT2D eigenvalue weighted by molar-refractivity contribution is 0.266. The van der Waals surface area contributed by atoms with Crippen molar-refractivity contribution >= 4 is 10.9 Å². The molecule has 1 aliphatic rings. The molecule has 2 N–H and O–H groups in total. The Balaban J connectivity index is 1.61. The molecule has 1 aromatic carbocycles. The van der Waals surface area contributed by atoms with Crippen LogP contribution in [0.15, 0.2) is 43.0 Å². The summed E-state index contributed by atoms with van der Waals surface area (Å²) in [6.45, 7) is 0.815. The molecule has 1 aliphatic carbocycles. The van der Waals surface area contributed by atoms with Crippen molar-refractivity contribution in [1.82, 2.24) is 19.7 Å². The Morgan fingerprint density at radius 2 is 2.00 bits per heavy atom. The molecule has 0 aliphatic heterocycles. The second-order valence-corrected chi connectivity index (χ2v) is 6.38. The van der Waals surface area contributed by atoms with Gasteiger partial charge in [0.1, 0.15) is 0 Å². The molecule has 2 heterocycles. The van der Waals surface area contributed by atoms with Crippen LogP contribution < -0.4 is 5.73 Å². The Labute approximate surface area is 135 Å². The zero-order chi connectivity index (χ0) is 15.6. The minimum absolute atomic E-state index is 0.505. The van der Waals surface area contributed by atoms with Crippen LogP contribution in [-0.4, -0.2) is 26.3 Å². The summed E-state index contributed by atoms with van der Waals surface area (Å²) in [4.78, 5) is 8.50. The molecular weight excluding hydrogens is 286 g/mol.